The van der Waals surface area contributed by atoms with Crippen molar-refractivity contribution >= 4 is 11.9 Å². The lowest BCUT2D eigenvalue weighted by Gasteiger charge is -2.21. The molecule has 0 heterocycles. The Morgan fingerprint density at radius 2 is 1.88 bits per heavy atom. The van der Waals surface area contributed by atoms with Crippen LogP contribution in [0.15, 0.2) is 0 Å². The van der Waals surface area contributed by atoms with Crippen molar-refractivity contribution in [3.8, 4) is 0 Å². The van der Waals surface area contributed by atoms with Gasteiger partial charge in [0.15, 0.2) is 0 Å². The molecule has 6 nitrogen and oxygen atoms in total. The zero-order valence-corrected chi connectivity index (χ0v) is 10.9. The van der Waals surface area contributed by atoms with Crippen molar-refractivity contribution < 1.29 is 19.1 Å². The van der Waals surface area contributed by atoms with E-state index in [0.717, 1.165) is 0 Å². The molecule has 6 heteroatoms. The van der Waals surface area contributed by atoms with E-state index in [1.54, 1.807) is 0 Å². The number of carbonyl (C=O) groups excluding carboxylic acids is 2. The molecule has 0 aromatic carbocycles. The first-order chi connectivity index (χ1) is 7.93. The van der Waals surface area contributed by atoms with Crippen molar-refractivity contribution in [2.45, 2.75) is 32.4 Å². The molecule has 0 aromatic rings. The summed E-state index contributed by atoms with van der Waals surface area (Å²) in [7, 11) is 2.82. The predicted molar refractivity (Wildman–Crippen MR) is 63.3 cm³/mol. The molecule has 1 unspecified atom stereocenters. The van der Waals surface area contributed by atoms with Crippen LogP contribution >= 0.6 is 0 Å². The number of carbonyl (C=O) groups is 2. The van der Waals surface area contributed by atoms with E-state index in [2.05, 4.69) is 10.1 Å². The normalized spacial score (nSPS) is 14.2. The summed E-state index contributed by atoms with van der Waals surface area (Å²) in [6.45, 7) is 4.05. The maximum Gasteiger partial charge on any atom is 0.328 e. The lowest BCUT2D eigenvalue weighted by Crippen LogP contribution is -2.51. The highest BCUT2D eigenvalue weighted by molar-refractivity contribution is 5.87. The van der Waals surface area contributed by atoms with Crippen molar-refractivity contribution in [1.29, 1.82) is 0 Å². The second-order valence-electron chi connectivity index (χ2n) is 4.14. The number of nitrogens with two attached hydrogens (primary N) is 1. The molecule has 1 amide bonds. The average molecular weight is 246 g/mol. The van der Waals surface area contributed by atoms with E-state index in [1.165, 1.54) is 14.2 Å². The second kappa shape index (κ2) is 8.03. The molecule has 0 spiro atoms. The number of hydrogen-bond acceptors (Lipinski definition) is 5. The highest BCUT2D eigenvalue weighted by Crippen LogP contribution is 2.04. The van der Waals surface area contributed by atoms with Crippen molar-refractivity contribution in [3.05, 3.63) is 0 Å². The molecule has 0 aliphatic heterocycles. The second-order valence-corrected chi connectivity index (χ2v) is 4.14. The number of nitrogens with one attached hydrogen (secondary N) is 1. The van der Waals surface area contributed by atoms with Crippen LogP contribution in [0.5, 0.6) is 0 Å². The molecule has 0 rings (SSSR count). The maximum atomic E-state index is 11.7. The van der Waals surface area contributed by atoms with Crippen LogP contribution in [0.4, 0.5) is 0 Å². The van der Waals surface area contributed by atoms with E-state index in [1.807, 2.05) is 13.8 Å². The molecule has 0 radical (unpaired) electrons. The van der Waals surface area contributed by atoms with Crippen LogP contribution in [0.2, 0.25) is 0 Å². The summed E-state index contributed by atoms with van der Waals surface area (Å²) in [4.78, 5) is 23.1. The maximum absolute atomic E-state index is 11.7. The highest BCUT2D eigenvalue weighted by atomic mass is 16.5. The molecule has 3 N–H and O–H groups in total. The quantitative estimate of drug-likeness (QED) is 0.600. The topological polar surface area (TPSA) is 90.6 Å². The smallest absolute Gasteiger partial charge is 0.328 e. The highest BCUT2D eigenvalue weighted by Gasteiger charge is 2.26. The van der Waals surface area contributed by atoms with Crippen LogP contribution in [0.1, 0.15) is 20.3 Å². The number of hydrogen-bond donors (Lipinski definition) is 2. The van der Waals surface area contributed by atoms with Gasteiger partial charge in [-0.1, -0.05) is 13.8 Å². The van der Waals surface area contributed by atoms with E-state index in [9.17, 15) is 9.59 Å². The standard InChI is InChI=1S/C11H22N2O4/c1-7(2)9(11(15)17-4)13-10(14)8(12)5-6-16-3/h7-9H,5-6,12H2,1-4H3,(H,13,14)/t8?,9-/m0/s1. The monoisotopic (exact) mass is 246 g/mol. The van der Waals surface area contributed by atoms with Gasteiger partial charge in [0.2, 0.25) is 5.91 Å². The Balaban J connectivity index is 4.35. The average Bonchev–Trinajstić information content (AvgIpc) is 2.31. The third kappa shape index (κ3) is 5.65. The summed E-state index contributed by atoms with van der Waals surface area (Å²) in [5, 5.41) is 2.58. The van der Waals surface area contributed by atoms with Gasteiger partial charge < -0.3 is 20.5 Å². The van der Waals surface area contributed by atoms with Crippen LogP contribution in [-0.4, -0.2) is 44.8 Å². The molecule has 0 saturated heterocycles. The SMILES string of the molecule is COCCC(N)C(=O)N[C@H](C(=O)OC)C(C)C. The Bertz CT molecular complexity index is 256. The van der Waals surface area contributed by atoms with Crippen molar-refractivity contribution in [2.24, 2.45) is 11.7 Å². The first-order valence-corrected chi connectivity index (χ1v) is 5.56. The first-order valence-electron chi connectivity index (χ1n) is 5.56. The largest absolute Gasteiger partial charge is 0.467 e. The summed E-state index contributed by atoms with van der Waals surface area (Å²) >= 11 is 0. The van der Waals surface area contributed by atoms with Crippen molar-refractivity contribution in [3.63, 3.8) is 0 Å². The van der Waals surface area contributed by atoms with Crippen LogP contribution in [0.3, 0.4) is 0 Å². The summed E-state index contributed by atoms with van der Waals surface area (Å²) in [5.74, 6) is -0.889. The van der Waals surface area contributed by atoms with Gasteiger partial charge in [0, 0.05) is 13.7 Å². The zero-order valence-electron chi connectivity index (χ0n) is 10.9. The molecule has 0 bridgehead atoms. The van der Waals surface area contributed by atoms with Crippen LogP contribution < -0.4 is 11.1 Å². The lowest BCUT2D eigenvalue weighted by atomic mass is 10.0. The number of amides is 1. The fourth-order valence-corrected chi connectivity index (χ4v) is 1.26. The van der Waals surface area contributed by atoms with E-state index < -0.39 is 18.1 Å². The number of methoxy groups -OCH3 is 2. The molecule has 0 aliphatic carbocycles. The minimum Gasteiger partial charge on any atom is -0.467 e. The Morgan fingerprint density at radius 1 is 1.29 bits per heavy atom. The van der Waals surface area contributed by atoms with Gasteiger partial charge in [-0.05, 0) is 12.3 Å². The summed E-state index contributed by atoms with van der Waals surface area (Å²) < 4.78 is 9.45. The van der Waals surface area contributed by atoms with Crippen LogP contribution in [0.25, 0.3) is 0 Å². The van der Waals surface area contributed by atoms with Gasteiger partial charge in [-0.15, -0.1) is 0 Å². The van der Waals surface area contributed by atoms with Crippen molar-refractivity contribution in [1.82, 2.24) is 5.32 Å². The molecule has 17 heavy (non-hydrogen) atoms. The molecular weight excluding hydrogens is 224 g/mol. The number of ether oxygens (including phenoxy) is 2. The fourth-order valence-electron chi connectivity index (χ4n) is 1.26. The summed E-state index contributed by atoms with van der Waals surface area (Å²) in [6.07, 6.45) is 0.411. The van der Waals surface area contributed by atoms with E-state index in [0.29, 0.717) is 13.0 Å². The zero-order chi connectivity index (χ0) is 13.4. The van der Waals surface area contributed by atoms with Crippen molar-refractivity contribution in [2.75, 3.05) is 20.8 Å². The predicted octanol–water partition coefficient (Wildman–Crippen LogP) is -0.336. The van der Waals surface area contributed by atoms with E-state index in [-0.39, 0.29) is 11.8 Å². The van der Waals surface area contributed by atoms with Gasteiger partial charge in [0.05, 0.1) is 13.2 Å². The Hall–Kier alpha value is -1.14. The Morgan fingerprint density at radius 3 is 2.29 bits per heavy atom. The molecule has 0 aromatic heterocycles. The molecule has 0 saturated carbocycles. The molecule has 2 atom stereocenters. The van der Waals surface area contributed by atoms with Gasteiger partial charge in [-0.2, -0.15) is 0 Å². The number of esters is 1. The van der Waals surface area contributed by atoms with Gasteiger partial charge in [-0.25, -0.2) is 4.79 Å². The van der Waals surface area contributed by atoms with Gasteiger partial charge in [0.25, 0.3) is 0 Å². The van der Waals surface area contributed by atoms with Gasteiger partial charge >= 0.3 is 5.97 Å². The van der Waals surface area contributed by atoms with E-state index >= 15 is 0 Å². The first kappa shape index (κ1) is 15.9. The van der Waals surface area contributed by atoms with Gasteiger partial charge in [0.1, 0.15) is 6.04 Å². The van der Waals surface area contributed by atoms with Crippen LogP contribution in [0, 0.1) is 5.92 Å². The Kier molecular flexibility index (Phi) is 7.49. The third-order valence-corrected chi connectivity index (χ3v) is 2.39. The van der Waals surface area contributed by atoms with E-state index in [4.69, 9.17) is 10.5 Å². The third-order valence-electron chi connectivity index (χ3n) is 2.39. The minimum atomic E-state index is -0.680. The van der Waals surface area contributed by atoms with Crippen LogP contribution in [-0.2, 0) is 19.1 Å². The Labute approximate surface area is 102 Å². The van der Waals surface area contributed by atoms with Gasteiger partial charge in [-0.3, -0.25) is 4.79 Å². The number of rotatable bonds is 7. The summed E-state index contributed by atoms with van der Waals surface area (Å²) in [5.41, 5.74) is 5.65. The molecular formula is C11H22N2O4. The lowest BCUT2D eigenvalue weighted by molar-refractivity contribution is -0.146. The molecule has 0 aliphatic rings. The molecule has 0 fully saturated rings. The summed E-state index contributed by atoms with van der Waals surface area (Å²) in [6, 6.07) is -1.35. The molecule has 100 valence electrons. The minimum absolute atomic E-state index is 0.0546. The fraction of sp³-hybridized carbons (Fsp3) is 0.818.